The molecule has 4 atom stereocenters. The highest BCUT2D eigenvalue weighted by molar-refractivity contribution is 7.99. The van der Waals surface area contributed by atoms with E-state index in [0.717, 1.165) is 15.5 Å². The lowest BCUT2D eigenvalue weighted by Crippen LogP contribution is -2.48. The molecule has 2 amide bonds. The van der Waals surface area contributed by atoms with Crippen molar-refractivity contribution >= 4 is 29.5 Å². The van der Waals surface area contributed by atoms with E-state index >= 15 is 0 Å². The summed E-state index contributed by atoms with van der Waals surface area (Å²) in [7, 11) is 0. The van der Waals surface area contributed by atoms with Crippen LogP contribution in [0.4, 0.5) is 0 Å². The first-order valence-electron chi connectivity index (χ1n) is 10.2. The van der Waals surface area contributed by atoms with Crippen LogP contribution in [0.15, 0.2) is 52.3 Å². The maximum atomic E-state index is 12.8. The van der Waals surface area contributed by atoms with Gasteiger partial charge in [0.1, 0.15) is 17.5 Å². The van der Waals surface area contributed by atoms with Crippen molar-refractivity contribution in [2.75, 3.05) is 6.54 Å². The molecule has 5 rings (SSSR count). The smallest absolute Gasteiger partial charge is 0.326 e. The lowest BCUT2D eigenvalue weighted by molar-refractivity contribution is -0.149. The van der Waals surface area contributed by atoms with Gasteiger partial charge in [0, 0.05) is 11.6 Å². The zero-order valence-electron chi connectivity index (χ0n) is 17.1. The van der Waals surface area contributed by atoms with Crippen molar-refractivity contribution in [2.24, 2.45) is 11.3 Å². The zero-order chi connectivity index (χ0) is 21.9. The third-order valence-electron chi connectivity index (χ3n) is 6.82. The molecule has 0 bridgehead atoms. The van der Waals surface area contributed by atoms with Crippen molar-refractivity contribution < 1.29 is 24.2 Å². The average molecular weight is 439 g/mol. The van der Waals surface area contributed by atoms with E-state index in [1.807, 2.05) is 44.2 Å². The Morgan fingerprint density at radius 3 is 2.71 bits per heavy atom. The molecule has 3 aliphatic rings. The van der Waals surface area contributed by atoms with Crippen molar-refractivity contribution in [1.29, 1.82) is 0 Å². The highest BCUT2D eigenvalue weighted by Crippen LogP contribution is 2.63. The fourth-order valence-electron chi connectivity index (χ4n) is 4.90. The number of likely N-dealkylation sites (tertiary alicyclic amines) is 1. The fourth-order valence-corrected chi connectivity index (χ4v) is 5.83. The van der Waals surface area contributed by atoms with Gasteiger partial charge in [-0.3, -0.25) is 9.59 Å². The number of rotatable bonds is 4. The van der Waals surface area contributed by atoms with Crippen LogP contribution in [0.5, 0.6) is 11.5 Å². The molecule has 160 valence electrons. The summed E-state index contributed by atoms with van der Waals surface area (Å²) < 4.78 is 5.92. The number of piperidine rings is 1. The standard InChI is InChI=1S/C23H22N2O5S/c1-12-20-23(12,2)10-14(22(28)29)25(20)19(26)11-24-21(27)13-7-8-18-16(9-13)30-15-5-3-4-6-17(15)31-18/h3-9,12,14,20H,10-11H2,1-2H3,(H,24,27)(H,28,29)/t12-,14+,20+,23-/m1/s1. The number of hydrogen-bond acceptors (Lipinski definition) is 5. The van der Waals surface area contributed by atoms with Crippen LogP contribution in [0.2, 0.25) is 0 Å². The van der Waals surface area contributed by atoms with Gasteiger partial charge in [-0.1, -0.05) is 37.7 Å². The molecule has 0 unspecified atom stereocenters. The second-order valence-electron chi connectivity index (χ2n) is 8.59. The first-order chi connectivity index (χ1) is 14.8. The molecule has 1 aliphatic carbocycles. The molecule has 31 heavy (non-hydrogen) atoms. The Balaban J connectivity index is 1.26. The minimum Gasteiger partial charge on any atom is -0.480 e. The number of nitrogens with one attached hydrogen (secondary N) is 1. The summed E-state index contributed by atoms with van der Waals surface area (Å²) in [5, 5.41) is 12.2. The first kappa shape index (κ1) is 19.9. The molecule has 2 fully saturated rings. The topological polar surface area (TPSA) is 95.9 Å². The second-order valence-corrected chi connectivity index (χ2v) is 9.68. The number of fused-ring (bicyclic) bond motifs is 3. The van der Waals surface area contributed by atoms with Crippen LogP contribution in [-0.4, -0.2) is 46.4 Å². The van der Waals surface area contributed by atoms with Crippen LogP contribution >= 0.6 is 11.8 Å². The lowest BCUT2D eigenvalue weighted by Gasteiger charge is -2.26. The highest BCUT2D eigenvalue weighted by Gasteiger charge is 2.70. The number of hydrogen-bond donors (Lipinski definition) is 2. The normalized spacial score (nSPS) is 27.4. The Morgan fingerprint density at radius 2 is 1.94 bits per heavy atom. The van der Waals surface area contributed by atoms with E-state index < -0.39 is 17.9 Å². The monoisotopic (exact) mass is 438 g/mol. The Hall–Kier alpha value is -3.00. The summed E-state index contributed by atoms with van der Waals surface area (Å²) in [6, 6.07) is 12.0. The number of carboxylic acid groups (broad SMARTS) is 1. The van der Waals surface area contributed by atoms with E-state index in [1.54, 1.807) is 23.9 Å². The van der Waals surface area contributed by atoms with Gasteiger partial charge in [0.25, 0.3) is 5.91 Å². The lowest BCUT2D eigenvalue weighted by atomic mass is 9.99. The van der Waals surface area contributed by atoms with Gasteiger partial charge >= 0.3 is 5.97 Å². The Labute approximate surface area is 183 Å². The molecule has 1 saturated heterocycles. The van der Waals surface area contributed by atoms with Crippen molar-refractivity contribution in [1.82, 2.24) is 10.2 Å². The summed E-state index contributed by atoms with van der Waals surface area (Å²) in [5.41, 5.74) is 0.236. The number of para-hydroxylation sites is 1. The maximum Gasteiger partial charge on any atom is 0.326 e. The summed E-state index contributed by atoms with van der Waals surface area (Å²) >= 11 is 1.57. The largest absolute Gasteiger partial charge is 0.480 e. The van der Waals surface area contributed by atoms with Crippen LogP contribution in [0, 0.1) is 11.3 Å². The maximum absolute atomic E-state index is 12.8. The van der Waals surface area contributed by atoms with Crippen LogP contribution in [-0.2, 0) is 9.59 Å². The number of amides is 2. The van der Waals surface area contributed by atoms with Gasteiger partial charge in [-0.2, -0.15) is 0 Å². The number of nitrogens with zero attached hydrogens (tertiary/aromatic N) is 1. The quantitative estimate of drug-likeness (QED) is 0.648. The number of benzene rings is 2. The van der Waals surface area contributed by atoms with Crippen molar-refractivity contribution in [2.45, 2.75) is 42.1 Å². The van der Waals surface area contributed by atoms with Crippen LogP contribution < -0.4 is 10.1 Å². The number of ether oxygens (including phenoxy) is 1. The SMILES string of the molecule is C[C@@H]1[C@@H]2N(C(=O)CNC(=O)c3ccc4c(c3)Oc3ccccc3S4)[C@H](C(=O)O)C[C@]12C. The molecule has 2 aromatic carbocycles. The molecule has 0 radical (unpaired) electrons. The van der Waals surface area contributed by atoms with Gasteiger partial charge in [-0.05, 0) is 48.1 Å². The summed E-state index contributed by atoms with van der Waals surface area (Å²) in [6.07, 6.45) is 0.454. The number of aliphatic carboxylic acids is 1. The van der Waals surface area contributed by atoms with E-state index in [4.69, 9.17) is 4.74 Å². The number of carboxylic acids is 1. The zero-order valence-corrected chi connectivity index (χ0v) is 17.9. The van der Waals surface area contributed by atoms with E-state index in [-0.39, 0.29) is 29.8 Å². The van der Waals surface area contributed by atoms with Crippen LogP contribution in [0.25, 0.3) is 0 Å². The van der Waals surface area contributed by atoms with Gasteiger partial charge < -0.3 is 20.1 Å². The molecule has 0 aromatic heterocycles. The van der Waals surface area contributed by atoms with Gasteiger partial charge in [0.2, 0.25) is 5.91 Å². The highest BCUT2D eigenvalue weighted by atomic mass is 32.2. The van der Waals surface area contributed by atoms with Crippen molar-refractivity contribution in [3.8, 4) is 11.5 Å². The van der Waals surface area contributed by atoms with E-state index in [9.17, 15) is 19.5 Å². The van der Waals surface area contributed by atoms with Crippen molar-refractivity contribution in [3.05, 3.63) is 48.0 Å². The molecule has 7 nitrogen and oxygen atoms in total. The molecule has 8 heteroatoms. The third kappa shape index (κ3) is 3.17. The minimum absolute atomic E-state index is 0.0766. The molecule has 2 aromatic rings. The molecular formula is C23H22N2O5S. The van der Waals surface area contributed by atoms with Gasteiger partial charge in [-0.25, -0.2) is 4.79 Å². The Morgan fingerprint density at radius 1 is 1.19 bits per heavy atom. The number of carbonyl (C=O) groups is 3. The Kier molecular flexibility index (Phi) is 4.51. The molecule has 2 aliphatic heterocycles. The summed E-state index contributed by atoms with van der Waals surface area (Å²) in [6.45, 7) is 3.82. The van der Waals surface area contributed by atoms with Gasteiger partial charge in [0.05, 0.1) is 16.3 Å². The van der Waals surface area contributed by atoms with E-state index in [1.165, 1.54) is 4.90 Å². The van der Waals surface area contributed by atoms with Crippen LogP contribution in [0.1, 0.15) is 30.6 Å². The number of carbonyl (C=O) groups excluding carboxylic acids is 2. The van der Waals surface area contributed by atoms with Gasteiger partial charge in [-0.15, -0.1) is 0 Å². The van der Waals surface area contributed by atoms with Crippen molar-refractivity contribution in [3.63, 3.8) is 0 Å². The fraction of sp³-hybridized carbons (Fsp3) is 0.348. The predicted octanol–water partition coefficient (Wildman–Crippen LogP) is 3.38. The minimum atomic E-state index is -0.995. The third-order valence-corrected chi connectivity index (χ3v) is 7.93. The molecule has 2 N–H and O–H groups in total. The van der Waals surface area contributed by atoms with E-state index in [0.29, 0.717) is 17.7 Å². The van der Waals surface area contributed by atoms with Crippen LogP contribution in [0.3, 0.4) is 0 Å². The molecule has 1 saturated carbocycles. The molecule has 2 heterocycles. The van der Waals surface area contributed by atoms with E-state index in [2.05, 4.69) is 5.32 Å². The Bertz CT molecular complexity index is 1120. The second kappa shape index (κ2) is 7.02. The first-order valence-corrected chi connectivity index (χ1v) is 11.0. The summed E-state index contributed by atoms with van der Waals surface area (Å²) in [4.78, 5) is 40.5. The molecule has 0 spiro atoms. The van der Waals surface area contributed by atoms with Gasteiger partial charge in [0.15, 0.2) is 0 Å². The average Bonchev–Trinajstić information content (AvgIpc) is 3.11. The summed E-state index contributed by atoms with van der Waals surface area (Å²) in [5.74, 6) is -0.163. The molecular weight excluding hydrogens is 416 g/mol. The predicted molar refractivity (Wildman–Crippen MR) is 113 cm³/mol.